The van der Waals surface area contributed by atoms with Gasteiger partial charge < -0.3 is 19.5 Å². The Bertz CT molecular complexity index is 836. The van der Waals surface area contributed by atoms with Gasteiger partial charge in [-0.25, -0.2) is 9.59 Å². The highest BCUT2D eigenvalue weighted by Crippen LogP contribution is 2.35. The number of amides is 3. The van der Waals surface area contributed by atoms with Gasteiger partial charge in [-0.05, 0) is 26.7 Å². The maximum atomic E-state index is 12.5. The van der Waals surface area contributed by atoms with Gasteiger partial charge in [0.1, 0.15) is 5.56 Å². The van der Waals surface area contributed by atoms with E-state index in [1.54, 1.807) is 6.92 Å². The Morgan fingerprint density at radius 1 is 1.19 bits per heavy atom. The van der Waals surface area contributed by atoms with Gasteiger partial charge in [0.05, 0.1) is 24.7 Å². The zero-order valence-electron chi connectivity index (χ0n) is 17.8. The number of imide groups is 1. The van der Waals surface area contributed by atoms with Gasteiger partial charge in [-0.2, -0.15) is 0 Å². The normalized spacial score (nSPS) is 14.8. The van der Waals surface area contributed by atoms with Crippen LogP contribution in [0.4, 0.5) is 10.5 Å². The van der Waals surface area contributed by atoms with E-state index < -0.39 is 40.2 Å². The van der Waals surface area contributed by atoms with Crippen LogP contribution < -0.4 is 20.1 Å². The van der Waals surface area contributed by atoms with E-state index in [2.05, 4.69) is 10.6 Å². The van der Waals surface area contributed by atoms with Crippen molar-refractivity contribution in [2.45, 2.75) is 58.1 Å². The summed E-state index contributed by atoms with van der Waals surface area (Å²) >= 11 is 0. The third-order valence-electron chi connectivity index (χ3n) is 4.83. The first-order valence-corrected chi connectivity index (χ1v) is 10.1. The lowest BCUT2D eigenvalue weighted by atomic mass is 9.96. The molecule has 31 heavy (non-hydrogen) atoms. The summed E-state index contributed by atoms with van der Waals surface area (Å²) in [6.45, 7) is 3.20. The number of nitro groups is 1. The smallest absolute Gasteiger partial charge is 0.346 e. The van der Waals surface area contributed by atoms with Crippen LogP contribution in [0.15, 0.2) is 12.1 Å². The van der Waals surface area contributed by atoms with Crippen molar-refractivity contribution >= 4 is 23.6 Å². The molecule has 1 saturated carbocycles. The summed E-state index contributed by atoms with van der Waals surface area (Å²) < 4.78 is 15.5. The summed E-state index contributed by atoms with van der Waals surface area (Å²) in [6, 6.07) is 1.50. The molecule has 0 spiro atoms. The molecule has 3 amide bonds. The zero-order chi connectivity index (χ0) is 23.0. The van der Waals surface area contributed by atoms with E-state index in [4.69, 9.17) is 14.2 Å². The van der Waals surface area contributed by atoms with Gasteiger partial charge in [-0.15, -0.1) is 0 Å². The average Bonchev–Trinajstić information content (AvgIpc) is 2.73. The Morgan fingerprint density at radius 2 is 1.87 bits per heavy atom. The molecule has 11 heteroatoms. The number of carbonyl (C=O) groups excluding carboxylic acids is 3. The van der Waals surface area contributed by atoms with Gasteiger partial charge >= 0.3 is 12.0 Å². The van der Waals surface area contributed by atoms with E-state index >= 15 is 0 Å². The Morgan fingerprint density at radius 3 is 2.45 bits per heavy atom. The minimum atomic E-state index is -1.36. The number of nitro benzene ring substituents is 1. The van der Waals surface area contributed by atoms with Crippen molar-refractivity contribution in [3.8, 4) is 11.5 Å². The van der Waals surface area contributed by atoms with Crippen LogP contribution in [0.3, 0.4) is 0 Å². The largest absolute Gasteiger partial charge is 0.493 e. The maximum Gasteiger partial charge on any atom is 0.346 e. The Kier molecular flexibility index (Phi) is 8.59. The molecule has 11 nitrogen and oxygen atoms in total. The summed E-state index contributed by atoms with van der Waals surface area (Å²) in [5, 5.41) is 16.2. The highest BCUT2D eigenvalue weighted by molar-refractivity contribution is 6.00. The summed E-state index contributed by atoms with van der Waals surface area (Å²) in [5.41, 5.74) is -0.964. The van der Waals surface area contributed by atoms with Crippen LogP contribution in [0.5, 0.6) is 11.5 Å². The highest BCUT2D eigenvalue weighted by Gasteiger charge is 2.29. The van der Waals surface area contributed by atoms with Gasteiger partial charge in [0, 0.05) is 12.1 Å². The quantitative estimate of drug-likeness (QED) is 0.358. The molecule has 1 aromatic carbocycles. The highest BCUT2D eigenvalue weighted by atomic mass is 16.6. The van der Waals surface area contributed by atoms with E-state index in [1.807, 2.05) is 0 Å². The molecule has 0 radical (unpaired) electrons. The lowest BCUT2D eigenvalue weighted by Gasteiger charge is -2.23. The molecule has 0 bridgehead atoms. The van der Waals surface area contributed by atoms with Crippen molar-refractivity contribution in [1.29, 1.82) is 0 Å². The number of methoxy groups -OCH3 is 1. The first-order valence-electron chi connectivity index (χ1n) is 10.1. The number of nitrogens with zero attached hydrogens (tertiary/aromatic N) is 1. The number of urea groups is 1. The number of ether oxygens (including phenoxy) is 3. The van der Waals surface area contributed by atoms with Crippen molar-refractivity contribution in [3.63, 3.8) is 0 Å². The second-order valence-electron chi connectivity index (χ2n) is 7.06. The third-order valence-corrected chi connectivity index (χ3v) is 4.83. The average molecular weight is 437 g/mol. The lowest BCUT2D eigenvalue weighted by molar-refractivity contribution is -0.385. The fraction of sp³-hybridized carbons (Fsp3) is 0.550. The molecule has 1 aliphatic rings. The number of nitrogens with one attached hydrogen (secondary N) is 2. The predicted octanol–water partition coefficient (Wildman–Crippen LogP) is 2.71. The molecule has 0 saturated heterocycles. The zero-order valence-corrected chi connectivity index (χ0v) is 17.8. The van der Waals surface area contributed by atoms with Crippen LogP contribution >= 0.6 is 0 Å². The van der Waals surface area contributed by atoms with Gasteiger partial charge in [0.25, 0.3) is 11.6 Å². The molecule has 1 fully saturated rings. The Labute approximate surface area is 179 Å². The first-order chi connectivity index (χ1) is 14.8. The standard InChI is InChI=1S/C20H27N3O8/c1-4-30-17-10-14(15(23(27)28)11-16(17)29-3)19(25)31-12(2)18(24)22-20(26)21-13-8-6-5-7-9-13/h10-13H,4-9H2,1-3H3,(H2,21,22,24,26). The fourth-order valence-corrected chi connectivity index (χ4v) is 3.25. The van der Waals surface area contributed by atoms with E-state index in [0.29, 0.717) is 0 Å². The topological polar surface area (TPSA) is 146 Å². The molecule has 0 aromatic heterocycles. The minimum Gasteiger partial charge on any atom is -0.493 e. The molecule has 170 valence electrons. The summed E-state index contributed by atoms with van der Waals surface area (Å²) in [7, 11) is 1.31. The van der Waals surface area contributed by atoms with Crippen molar-refractivity contribution in [1.82, 2.24) is 10.6 Å². The molecule has 1 aromatic rings. The molecule has 0 aliphatic heterocycles. The molecule has 0 heterocycles. The van der Waals surface area contributed by atoms with Crippen molar-refractivity contribution < 1.29 is 33.5 Å². The number of hydrogen-bond donors (Lipinski definition) is 2. The summed E-state index contributed by atoms with van der Waals surface area (Å²) in [4.78, 5) is 47.4. The van der Waals surface area contributed by atoms with Crippen LogP contribution in [0, 0.1) is 10.1 Å². The van der Waals surface area contributed by atoms with Crippen LogP contribution in [0.1, 0.15) is 56.3 Å². The number of esters is 1. The number of carbonyl (C=O) groups is 3. The fourth-order valence-electron chi connectivity index (χ4n) is 3.25. The molecule has 2 rings (SSSR count). The van der Waals surface area contributed by atoms with E-state index in [-0.39, 0.29) is 24.1 Å². The monoisotopic (exact) mass is 437 g/mol. The minimum absolute atomic E-state index is 0.00154. The molecule has 2 N–H and O–H groups in total. The van der Waals surface area contributed by atoms with Crippen molar-refractivity contribution in [2.75, 3.05) is 13.7 Å². The molecule has 1 aliphatic carbocycles. The van der Waals surface area contributed by atoms with Crippen molar-refractivity contribution in [2.24, 2.45) is 0 Å². The third kappa shape index (κ3) is 6.56. The van der Waals surface area contributed by atoms with Gasteiger partial charge in [0.2, 0.25) is 0 Å². The second kappa shape index (κ2) is 11.1. The summed E-state index contributed by atoms with van der Waals surface area (Å²) in [5.74, 6) is -1.75. The van der Waals surface area contributed by atoms with E-state index in [1.165, 1.54) is 14.0 Å². The number of benzene rings is 1. The van der Waals surface area contributed by atoms with E-state index in [0.717, 1.165) is 44.2 Å². The number of hydrogen-bond acceptors (Lipinski definition) is 8. The van der Waals surface area contributed by atoms with Crippen LogP contribution in [-0.2, 0) is 9.53 Å². The van der Waals surface area contributed by atoms with Gasteiger partial charge in [0.15, 0.2) is 17.6 Å². The maximum absolute atomic E-state index is 12.5. The lowest BCUT2D eigenvalue weighted by Crippen LogP contribution is -2.48. The van der Waals surface area contributed by atoms with Crippen LogP contribution in [0.25, 0.3) is 0 Å². The SMILES string of the molecule is CCOc1cc(C(=O)OC(C)C(=O)NC(=O)NC2CCCCC2)c([N+](=O)[O-])cc1OC. The van der Waals surface area contributed by atoms with E-state index in [9.17, 15) is 24.5 Å². The van der Waals surface area contributed by atoms with Crippen LogP contribution in [0.2, 0.25) is 0 Å². The second-order valence-corrected chi connectivity index (χ2v) is 7.06. The molecular weight excluding hydrogens is 410 g/mol. The van der Waals surface area contributed by atoms with Gasteiger partial charge in [-0.1, -0.05) is 19.3 Å². The van der Waals surface area contributed by atoms with Crippen LogP contribution in [-0.4, -0.2) is 48.7 Å². The first kappa shape index (κ1) is 23.9. The predicted molar refractivity (Wildman–Crippen MR) is 109 cm³/mol. The van der Waals surface area contributed by atoms with Crippen molar-refractivity contribution in [3.05, 3.63) is 27.8 Å². The number of rotatable bonds is 8. The molecule has 1 unspecified atom stereocenters. The molecular formula is C20H27N3O8. The molecule has 1 atom stereocenters. The Hall–Kier alpha value is -3.37. The summed E-state index contributed by atoms with van der Waals surface area (Å²) in [6.07, 6.45) is 3.47. The Balaban J connectivity index is 2.06. The van der Waals surface area contributed by atoms with Gasteiger partial charge in [-0.3, -0.25) is 20.2 Å².